The lowest BCUT2D eigenvalue weighted by Crippen LogP contribution is -2.45. The lowest BCUT2D eigenvalue weighted by Gasteiger charge is -2.37. The number of thiophene rings is 1. The molecule has 0 spiro atoms. The molecule has 2 nitrogen and oxygen atoms in total. The van der Waals surface area contributed by atoms with Crippen molar-refractivity contribution in [1.82, 2.24) is 10.6 Å². The van der Waals surface area contributed by atoms with E-state index < -0.39 is 0 Å². The van der Waals surface area contributed by atoms with E-state index in [0.717, 1.165) is 13.1 Å². The van der Waals surface area contributed by atoms with Crippen LogP contribution in [-0.2, 0) is 6.54 Å². The first kappa shape index (κ1) is 13.1. The topological polar surface area (TPSA) is 24.1 Å². The van der Waals surface area contributed by atoms with Gasteiger partial charge in [0.15, 0.2) is 0 Å². The van der Waals surface area contributed by atoms with Crippen molar-refractivity contribution in [2.75, 3.05) is 19.6 Å². The van der Waals surface area contributed by atoms with E-state index in [-0.39, 0.29) is 0 Å². The first-order valence-corrected chi connectivity index (χ1v) is 7.52. The fourth-order valence-electron chi connectivity index (χ4n) is 2.64. The molecule has 1 atom stereocenters. The van der Waals surface area contributed by atoms with Crippen LogP contribution in [0.25, 0.3) is 0 Å². The Bertz CT molecular complexity index is 340. The van der Waals surface area contributed by atoms with Crippen LogP contribution in [0.3, 0.4) is 0 Å². The van der Waals surface area contributed by atoms with E-state index >= 15 is 0 Å². The maximum Gasteiger partial charge on any atom is 0.0300 e. The zero-order chi connectivity index (χ0) is 12.1. The average molecular weight is 252 g/mol. The van der Waals surface area contributed by atoms with Crippen LogP contribution in [0.15, 0.2) is 12.1 Å². The Hall–Kier alpha value is -0.380. The highest BCUT2D eigenvalue weighted by Crippen LogP contribution is 2.29. The summed E-state index contributed by atoms with van der Waals surface area (Å²) < 4.78 is 0. The molecule has 1 unspecified atom stereocenters. The number of hydrogen-bond acceptors (Lipinski definition) is 3. The molecule has 0 bridgehead atoms. The molecule has 1 aliphatic rings. The third-order valence-corrected chi connectivity index (χ3v) is 4.91. The SMILES string of the molecule is CCC1(CNCc2ccc(C)s2)CCCNC1. The van der Waals surface area contributed by atoms with Crippen molar-refractivity contribution in [2.45, 2.75) is 39.7 Å². The number of hydrogen-bond donors (Lipinski definition) is 2. The standard InChI is InChI=1S/C14H24N2S/c1-3-14(7-4-8-15-10-14)11-16-9-13-6-5-12(2)17-13/h5-6,15-16H,3-4,7-11H2,1-2H3. The fourth-order valence-corrected chi connectivity index (χ4v) is 3.50. The predicted molar refractivity (Wildman–Crippen MR) is 75.6 cm³/mol. The molecule has 0 saturated carbocycles. The highest BCUT2D eigenvalue weighted by molar-refractivity contribution is 7.11. The van der Waals surface area contributed by atoms with Gasteiger partial charge in [-0.05, 0) is 50.3 Å². The van der Waals surface area contributed by atoms with Gasteiger partial charge in [0.1, 0.15) is 0 Å². The normalized spacial score (nSPS) is 25.1. The monoisotopic (exact) mass is 252 g/mol. The lowest BCUT2D eigenvalue weighted by atomic mass is 9.78. The molecule has 1 aromatic rings. The minimum absolute atomic E-state index is 0.491. The Morgan fingerprint density at radius 1 is 1.47 bits per heavy atom. The van der Waals surface area contributed by atoms with Crippen molar-refractivity contribution in [1.29, 1.82) is 0 Å². The van der Waals surface area contributed by atoms with Gasteiger partial charge in [-0.2, -0.15) is 0 Å². The molecule has 1 aromatic heterocycles. The molecule has 0 amide bonds. The second-order valence-corrected chi connectivity index (χ2v) is 6.62. The van der Waals surface area contributed by atoms with E-state index in [2.05, 4.69) is 36.6 Å². The van der Waals surface area contributed by atoms with Crippen LogP contribution in [0.2, 0.25) is 0 Å². The second kappa shape index (κ2) is 5.98. The number of piperidine rings is 1. The quantitative estimate of drug-likeness (QED) is 0.842. The zero-order valence-electron chi connectivity index (χ0n) is 11.0. The van der Waals surface area contributed by atoms with Crippen molar-refractivity contribution in [3.8, 4) is 0 Å². The van der Waals surface area contributed by atoms with Gasteiger partial charge < -0.3 is 10.6 Å². The smallest absolute Gasteiger partial charge is 0.0300 e. The molecule has 0 aliphatic carbocycles. The van der Waals surface area contributed by atoms with Crippen LogP contribution in [0.5, 0.6) is 0 Å². The summed E-state index contributed by atoms with van der Waals surface area (Å²) in [6.07, 6.45) is 3.97. The van der Waals surface area contributed by atoms with Gasteiger partial charge in [0.05, 0.1) is 0 Å². The van der Waals surface area contributed by atoms with Crippen LogP contribution < -0.4 is 10.6 Å². The third-order valence-electron chi connectivity index (χ3n) is 3.91. The van der Waals surface area contributed by atoms with Crippen LogP contribution in [0.1, 0.15) is 35.9 Å². The Labute approximate surface area is 109 Å². The van der Waals surface area contributed by atoms with Crippen LogP contribution in [-0.4, -0.2) is 19.6 Å². The molecular formula is C14H24N2S. The molecule has 1 fully saturated rings. The maximum atomic E-state index is 3.65. The number of rotatable bonds is 5. The van der Waals surface area contributed by atoms with Crippen molar-refractivity contribution < 1.29 is 0 Å². The van der Waals surface area contributed by atoms with E-state index in [1.165, 1.54) is 42.1 Å². The Balaban J connectivity index is 1.79. The summed E-state index contributed by atoms with van der Waals surface area (Å²) in [5, 5.41) is 7.19. The van der Waals surface area contributed by atoms with Crippen molar-refractivity contribution in [3.05, 3.63) is 21.9 Å². The minimum Gasteiger partial charge on any atom is -0.316 e. The lowest BCUT2D eigenvalue weighted by molar-refractivity contribution is 0.192. The van der Waals surface area contributed by atoms with E-state index in [9.17, 15) is 0 Å². The highest BCUT2D eigenvalue weighted by Gasteiger charge is 2.29. The first-order chi connectivity index (χ1) is 8.24. The Morgan fingerprint density at radius 3 is 2.94 bits per heavy atom. The summed E-state index contributed by atoms with van der Waals surface area (Å²) in [5.41, 5.74) is 0.491. The fraction of sp³-hybridized carbons (Fsp3) is 0.714. The molecular weight excluding hydrogens is 228 g/mol. The molecule has 3 heteroatoms. The van der Waals surface area contributed by atoms with E-state index in [4.69, 9.17) is 0 Å². The zero-order valence-corrected chi connectivity index (χ0v) is 11.8. The van der Waals surface area contributed by atoms with Gasteiger partial charge in [-0.1, -0.05) is 6.92 Å². The van der Waals surface area contributed by atoms with Crippen LogP contribution >= 0.6 is 11.3 Å². The van der Waals surface area contributed by atoms with Crippen molar-refractivity contribution in [2.24, 2.45) is 5.41 Å². The average Bonchev–Trinajstić information content (AvgIpc) is 2.76. The van der Waals surface area contributed by atoms with Gasteiger partial charge in [-0.3, -0.25) is 0 Å². The van der Waals surface area contributed by atoms with Gasteiger partial charge in [-0.15, -0.1) is 11.3 Å². The van der Waals surface area contributed by atoms with E-state index in [1.54, 1.807) is 0 Å². The van der Waals surface area contributed by atoms with Gasteiger partial charge >= 0.3 is 0 Å². The van der Waals surface area contributed by atoms with Crippen LogP contribution in [0, 0.1) is 12.3 Å². The summed E-state index contributed by atoms with van der Waals surface area (Å²) in [6.45, 7) is 9.05. The minimum atomic E-state index is 0.491. The highest BCUT2D eigenvalue weighted by atomic mass is 32.1. The predicted octanol–water partition coefficient (Wildman–Crippen LogP) is 2.93. The molecule has 17 heavy (non-hydrogen) atoms. The van der Waals surface area contributed by atoms with Gasteiger partial charge in [-0.25, -0.2) is 0 Å². The number of aryl methyl sites for hydroxylation is 1. The summed E-state index contributed by atoms with van der Waals surface area (Å²) in [4.78, 5) is 2.86. The molecule has 2 heterocycles. The molecule has 2 N–H and O–H groups in total. The van der Waals surface area contributed by atoms with Gasteiger partial charge in [0, 0.05) is 29.4 Å². The molecule has 96 valence electrons. The van der Waals surface area contributed by atoms with Gasteiger partial charge in [0.2, 0.25) is 0 Å². The van der Waals surface area contributed by atoms with Crippen molar-refractivity contribution >= 4 is 11.3 Å². The number of nitrogens with one attached hydrogen (secondary N) is 2. The summed E-state index contributed by atoms with van der Waals surface area (Å²) in [7, 11) is 0. The van der Waals surface area contributed by atoms with E-state index in [0.29, 0.717) is 5.41 Å². The summed E-state index contributed by atoms with van der Waals surface area (Å²) in [6, 6.07) is 4.45. The van der Waals surface area contributed by atoms with Gasteiger partial charge in [0.25, 0.3) is 0 Å². The Kier molecular flexibility index (Phi) is 4.60. The first-order valence-electron chi connectivity index (χ1n) is 6.71. The molecule has 0 radical (unpaired) electrons. The van der Waals surface area contributed by atoms with E-state index in [1.807, 2.05) is 11.3 Å². The maximum absolute atomic E-state index is 3.65. The molecule has 2 rings (SSSR count). The molecule has 0 aromatic carbocycles. The summed E-state index contributed by atoms with van der Waals surface area (Å²) in [5.74, 6) is 0. The second-order valence-electron chi connectivity index (χ2n) is 5.25. The Morgan fingerprint density at radius 2 is 2.35 bits per heavy atom. The largest absolute Gasteiger partial charge is 0.316 e. The third kappa shape index (κ3) is 3.54. The summed E-state index contributed by atoms with van der Waals surface area (Å²) >= 11 is 1.90. The molecule has 1 saturated heterocycles. The molecule has 1 aliphatic heterocycles. The van der Waals surface area contributed by atoms with Crippen molar-refractivity contribution in [3.63, 3.8) is 0 Å². The van der Waals surface area contributed by atoms with Crippen LogP contribution in [0.4, 0.5) is 0 Å².